The summed E-state index contributed by atoms with van der Waals surface area (Å²) in [5.74, 6) is 0.184. The van der Waals surface area contributed by atoms with Gasteiger partial charge >= 0.3 is 0 Å². The molecule has 128 valence electrons. The Morgan fingerprint density at radius 3 is 2.64 bits per heavy atom. The average molecular weight is 310 g/mol. The third-order valence-corrected chi connectivity index (χ3v) is 4.98. The van der Waals surface area contributed by atoms with Crippen molar-refractivity contribution in [1.82, 2.24) is 0 Å². The van der Waals surface area contributed by atoms with Crippen molar-refractivity contribution in [3.63, 3.8) is 0 Å². The van der Waals surface area contributed by atoms with Gasteiger partial charge in [0, 0.05) is 12.8 Å². The summed E-state index contributed by atoms with van der Waals surface area (Å²) in [5, 5.41) is 10.1. The van der Waals surface area contributed by atoms with Crippen LogP contribution < -0.4 is 0 Å². The van der Waals surface area contributed by atoms with Crippen molar-refractivity contribution in [2.75, 3.05) is 13.2 Å². The van der Waals surface area contributed by atoms with E-state index >= 15 is 0 Å². The van der Waals surface area contributed by atoms with Crippen LogP contribution in [0.15, 0.2) is 12.2 Å². The van der Waals surface area contributed by atoms with E-state index in [1.807, 2.05) is 6.08 Å². The lowest BCUT2D eigenvalue weighted by Crippen LogP contribution is -2.35. The second kappa shape index (κ2) is 9.69. The van der Waals surface area contributed by atoms with Crippen LogP contribution in [0, 0.1) is 5.92 Å². The number of aliphatic hydroxyl groups is 1. The first kappa shape index (κ1) is 18.0. The van der Waals surface area contributed by atoms with E-state index < -0.39 is 0 Å². The predicted octanol–water partition coefficient (Wildman–Crippen LogP) is 4.59. The van der Waals surface area contributed by atoms with Crippen LogP contribution in [0.25, 0.3) is 0 Å². The zero-order chi connectivity index (χ0) is 15.7. The molecule has 3 nitrogen and oxygen atoms in total. The maximum Gasteiger partial charge on any atom is 0.169 e. The highest BCUT2D eigenvalue weighted by Gasteiger charge is 2.40. The lowest BCUT2D eigenvalue weighted by Gasteiger charge is -2.35. The van der Waals surface area contributed by atoms with Gasteiger partial charge < -0.3 is 14.6 Å². The Morgan fingerprint density at radius 1 is 1.14 bits per heavy atom. The van der Waals surface area contributed by atoms with Crippen LogP contribution in [0.1, 0.15) is 77.6 Å². The molecule has 1 aliphatic carbocycles. The number of allylic oxidation sites excluding steroid dienone is 1. The molecule has 0 aromatic carbocycles. The van der Waals surface area contributed by atoms with Gasteiger partial charge in [-0.25, -0.2) is 0 Å². The van der Waals surface area contributed by atoms with Gasteiger partial charge in [0.1, 0.15) is 0 Å². The Labute approximate surface area is 136 Å². The Morgan fingerprint density at radius 2 is 1.86 bits per heavy atom. The lowest BCUT2D eigenvalue weighted by atomic mass is 9.84. The molecule has 2 aliphatic rings. The first-order chi connectivity index (χ1) is 10.7. The van der Waals surface area contributed by atoms with Crippen molar-refractivity contribution in [3.05, 3.63) is 12.2 Å². The maximum atomic E-state index is 10.1. The molecule has 1 saturated carbocycles. The van der Waals surface area contributed by atoms with Gasteiger partial charge in [0.15, 0.2) is 5.79 Å². The maximum absolute atomic E-state index is 10.1. The van der Waals surface area contributed by atoms with E-state index in [9.17, 15) is 5.11 Å². The average Bonchev–Trinajstić information content (AvgIpc) is 2.96. The molecule has 0 amide bonds. The van der Waals surface area contributed by atoms with Crippen LogP contribution in [0.3, 0.4) is 0 Å². The highest BCUT2D eigenvalue weighted by molar-refractivity contribution is 4.97. The molecule has 2 rings (SSSR count). The number of hydrogen-bond acceptors (Lipinski definition) is 3. The number of unbranched alkanes of at least 4 members (excludes halogenated alkanes) is 5. The minimum atomic E-state index is -0.308. The topological polar surface area (TPSA) is 38.7 Å². The Hall–Kier alpha value is -0.380. The van der Waals surface area contributed by atoms with E-state index in [2.05, 4.69) is 13.0 Å². The van der Waals surface area contributed by atoms with Crippen LogP contribution >= 0.6 is 0 Å². The third kappa shape index (κ3) is 6.02. The standard InChI is InChI=1S/C19H34O3/c1-2-3-4-5-6-7-10-18(20)12-11-17-9-8-13-19(16-17)21-14-15-22-19/h11-12,17-18,20H,2-10,13-16H2,1H3/b12-11+. The molecule has 22 heavy (non-hydrogen) atoms. The minimum absolute atomic E-state index is 0.283. The van der Waals surface area contributed by atoms with Crippen LogP contribution in [-0.4, -0.2) is 30.2 Å². The van der Waals surface area contributed by atoms with E-state index in [4.69, 9.17) is 9.47 Å². The summed E-state index contributed by atoms with van der Waals surface area (Å²) in [7, 11) is 0. The zero-order valence-corrected chi connectivity index (χ0v) is 14.3. The van der Waals surface area contributed by atoms with Crippen molar-refractivity contribution in [1.29, 1.82) is 0 Å². The van der Waals surface area contributed by atoms with Gasteiger partial charge in [-0.15, -0.1) is 0 Å². The molecule has 1 spiro atoms. The van der Waals surface area contributed by atoms with Gasteiger partial charge in [-0.1, -0.05) is 57.6 Å². The second-order valence-corrected chi connectivity index (χ2v) is 6.97. The molecule has 0 bridgehead atoms. The fourth-order valence-corrected chi connectivity index (χ4v) is 3.68. The van der Waals surface area contributed by atoms with E-state index in [0.29, 0.717) is 5.92 Å². The normalized spacial score (nSPS) is 26.0. The van der Waals surface area contributed by atoms with Gasteiger partial charge in [-0.05, 0) is 25.2 Å². The summed E-state index contributed by atoms with van der Waals surface area (Å²) < 4.78 is 11.6. The van der Waals surface area contributed by atoms with Crippen LogP contribution in [0.5, 0.6) is 0 Å². The van der Waals surface area contributed by atoms with Crippen LogP contribution in [0.4, 0.5) is 0 Å². The zero-order valence-electron chi connectivity index (χ0n) is 14.3. The quantitative estimate of drug-likeness (QED) is 0.500. The molecule has 3 heteroatoms. The molecule has 0 aromatic rings. The van der Waals surface area contributed by atoms with Gasteiger partial charge in [0.25, 0.3) is 0 Å². The van der Waals surface area contributed by atoms with Gasteiger partial charge in [-0.3, -0.25) is 0 Å². The molecule has 2 atom stereocenters. The molecular weight excluding hydrogens is 276 g/mol. The van der Waals surface area contributed by atoms with Gasteiger partial charge in [0.2, 0.25) is 0 Å². The van der Waals surface area contributed by atoms with Crippen molar-refractivity contribution in [3.8, 4) is 0 Å². The molecule has 1 saturated heterocycles. The molecule has 1 heterocycles. The largest absolute Gasteiger partial charge is 0.389 e. The summed E-state index contributed by atoms with van der Waals surface area (Å²) >= 11 is 0. The summed E-state index contributed by atoms with van der Waals surface area (Å²) in [6.45, 7) is 3.71. The SMILES string of the molecule is CCCCCCCCC(O)/C=C/C1CCCC2(C1)OCCO2. The molecule has 2 unspecified atom stereocenters. The number of hydrogen-bond donors (Lipinski definition) is 1. The smallest absolute Gasteiger partial charge is 0.169 e. The fraction of sp³-hybridized carbons (Fsp3) is 0.895. The van der Waals surface area contributed by atoms with Crippen molar-refractivity contribution in [2.24, 2.45) is 5.92 Å². The summed E-state index contributed by atoms with van der Waals surface area (Å²) in [6, 6.07) is 0. The Balaban J connectivity index is 1.61. The van der Waals surface area contributed by atoms with Crippen LogP contribution in [-0.2, 0) is 9.47 Å². The number of ether oxygens (including phenoxy) is 2. The molecule has 2 fully saturated rings. The number of aliphatic hydroxyl groups excluding tert-OH is 1. The monoisotopic (exact) mass is 310 g/mol. The third-order valence-electron chi connectivity index (χ3n) is 4.98. The van der Waals surface area contributed by atoms with E-state index in [1.165, 1.54) is 38.5 Å². The highest BCUT2D eigenvalue weighted by Crippen LogP contribution is 2.39. The summed E-state index contributed by atoms with van der Waals surface area (Å²) in [5.41, 5.74) is 0. The predicted molar refractivity (Wildman–Crippen MR) is 89.7 cm³/mol. The molecule has 0 radical (unpaired) electrons. The van der Waals surface area contributed by atoms with E-state index in [-0.39, 0.29) is 11.9 Å². The molecular formula is C19H34O3. The summed E-state index contributed by atoms with van der Waals surface area (Å²) in [4.78, 5) is 0. The second-order valence-electron chi connectivity index (χ2n) is 6.97. The Kier molecular flexibility index (Phi) is 7.91. The minimum Gasteiger partial charge on any atom is -0.389 e. The first-order valence-corrected chi connectivity index (χ1v) is 9.38. The molecule has 1 aliphatic heterocycles. The van der Waals surface area contributed by atoms with Crippen molar-refractivity contribution in [2.45, 2.75) is 89.4 Å². The summed E-state index contributed by atoms with van der Waals surface area (Å²) in [6.07, 6.45) is 16.8. The molecule has 1 N–H and O–H groups in total. The van der Waals surface area contributed by atoms with Gasteiger partial charge in [0.05, 0.1) is 19.3 Å². The molecule has 0 aromatic heterocycles. The number of rotatable bonds is 9. The van der Waals surface area contributed by atoms with Crippen molar-refractivity contribution < 1.29 is 14.6 Å². The van der Waals surface area contributed by atoms with E-state index in [0.717, 1.165) is 45.3 Å². The lowest BCUT2D eigenvalue weighted by molar-refractivity contribution is -0.183. The van der Waals surface area contributed by atoms with Crippen LogP contribution in [0.2, 0.25) is 0 Å². The first-order valence-electron chi connectivity index (χ1n) is 9.38. The fourth-order valence-electron chi connectivity index (χ4n) is 3.68. The highest BCUT2D eigenvalue weighted by atomic mass is 16.7. The van der Waals surface area contributed by atoms with Gasteiger partial charge in [-0.2, -0.15) is 0 Å². The van der Waals surface area contributed by atoms with E-state index in [1.54, 1.807) is 0 Å². The van der Waals surface area contributed by atoms with Crippen molar-refractivity contribution >= 4 is 0 Å². The Bertz CT molecular complexity index is 321.